The van der Waals surface area contributed by atoms with E-state index in [9.17, 15) is 22.4 Å². The lowest BCUT2D eigenvalue weighted by molar-refractivity contribution is -0.140. The minimum absolute atomic E-state index is 0.0155. The number of aromatic nitrogens is 4. The number of amides is 1. The van der Waals surface area contributed by atoms with E-state index in [1.807, 2.05) is 4.90 Å². The maximum atomic E-state index is 14.0. The number of carbonyl (C=O) groups is 1. The number of aryl methyl sites for hydroxylation is 2. The Labute approximate surface area is 293 Å². The van der Waals surface area contributed by atoms with Crippen LogP contribution < -0.4 is 15.4 Å². The van der Waals surface area contributed by atoms with Gasteiger partial charge in [-0.25, -0.2) is 4.39 Å². The van der Waals surface area contributed by atoms with E-state index < -0.39 is 17.8 Å². The van der Waals surface area contributed by atoms with Crippen molar-refractivity contribution in [3.8, 4) is 6.01 Å². The molecule has 7 rings (SSSR count). The zero-order valence-corrected chi connectivity index (χ0v) is 29.2. The normalized spacial score (nSPS) is 21.2. The summed E-state index contributed by atoms with van der Waals surface area (Å²) in [5.74, 6) is 0.235. The highest BCUT2D eigenvalue weighted by atomic mass is 35.5. The summed E-state index contributed by atoms with van der Waals surface area (Å²) in [5.41, 5.74) is 8.40. The SMILES string of the molecule is COc1nc2c(c(N3CCCn4nc(C(=O)N(C)C)c(Cl)c4C3)n1)COC(c1cc(N)cc(C)c1C(F)(F)F)C2.F/C=C1/CC2CCCN2C1. The molecule has 1 aromatic carbocycles. The van der Waals surface area contributed by atoms with Crippen molar-refractivity contribution in [1.29, 1.82) is 0 Å². The highest BCUT2D eigenvalue weighted by molar-refractivity contribution is 6.34. The number of nitrogens with two attached hydrogens (primary N) is 1. The molecule has 4 aliphatic heterocycles. The number of fused-ring (bicyclic) bond motifs is 3. The minimum Gasteiger partial charge on any atom is -0.467 e. The number of methoxy groups -OCH3 is 1. The van der Waals surface area contributed by atoms with Crippen LogP contribution in [0.15, 0.2) is 24.0 Å². The summed E-state index contributed by atoms with van der Waals surface area (Å²) in [5, 5.41) is 4.72. The number of halogens is 5. The van der Waals surface area contributed by atoms with Crippen molar-refractivity contribution in [1.82, 2.24) is 29.5 Å². The number of hydrogen-bond acceptors (Lipinski definition) is 9. The van der Waals surface area contributed by atoms with E-state index in [1.54, 1.807) is 18.8 Å². The number of ether oxygens (including phenoxy) is 2. The van der Waals surface area contributed by atoms with Crippen molar-refractivity contribution >= 4 is 29.0 Å². The molecule has 50 heavy (non-hydrogen) atoms. The van der Waals surface area contributed by atoms with Gasteiger partial charge in [0.2, 0.25) is 0 Å². The van der Waals surface area contributed by atoms with Gasteiger partial charge in [0.25, 0.3) is 5.91 Å². The predicted molar refractivity (Wildman–Crippen MR) is 180 cm³/mol. The average Bonchev–Trinajstić information content (AvgIpc) is 3.71. The highest BCUT2D eigenvalue weighted by Crippen LogP contribution is 2.43. The summed E-state index contributed by atoms with van der Waals surface area (Å²) >= 11 is 6.63. The zero-order valence-electron chi connectivity index (χ0n) is 28.5. The summed E-state index contributed by atoms with van der Waals surface area (Å²) in [4.78, 5) is 27.4. The van der Waals surface area contributed by atoms with Crippen LogP contribution in [0, 0.1) is 6.92 Å². The van der Waals surface area contributed by atoms with Crippen LogP contribution in [0.5, 0.6) is 6.01 Å². The van der Waals surface area contributed by atoms with Gasteiger partial charge in [0.15, 0.2) is 5.69 Å². The van der Waals surface area contributed by atoms with Gasteiger partial charge in [-0.3, -0.25) is 14.4 Å². The number of nitrogen functional groups attached to an aromatic ring is 1. The van der Waals surface area contributed by atoms with Gasteiger partial charge >= 0.3 is 12.2 Å². The Bertz CT molecular complexity index is 1780. The van der Waals surface area contributed by atoms with Crippen molar-refractivity contribution < 1.29 is 31.8 Å². The summed E-state index contributed by atoms with van der Waals surface area (Å²) in [6.45, 7) is 4.87. The molecule has 1 amide bonds. The van der Waals surface area contributed by atoms with E-state index in [4.69, 9.17) is 26.8 Å². The van der Waals surface area contributed by atoms with Crippen LogP contribution in [0.2, 0.25) is 5.02 Å². The first kappa shape index (κ1) is 35.9. The van der Waals surface area contributed by atoms with E-state index in [0.29, 0.717) is 54.9 Å². The van der Waals surface area contributed by atoms with Crippen LogP contribution in [0.4, 0.5) is 29.1 Å². The van der Waals surface area contributed by atoms with Gasteiger partial charge in [0.05, 0.1) is 54.7 Å². The number of benzene rings is 1. The molecule has 2 aromatic heterocycles. The minimum atomic E-state index is -4.58. The maximum Gasteiger partial charge on any atom is 0.417 e. The van der Waals surface area contributed by atoms with Gasteiger partial charge < -0.3 is 25.0 Å². The van der Waals surface area contributed by atoms with Crippen molar-refractivity contribution in [3.05, 3.63) is 68.4 Å². The second-order valence-electron chi connectivity index (χ2n) is 13.3. The number of nitrogens with zero attached hydrogens (tertiary/aromatic N) is 7. The monoisotopic (exact) mass is 720 g/mol. The Hall–Kier alpha value is -3.95. The predicted octanol–water partition coefficient (Wildman–Crippen LogP) is 5.88. The molecule has 2 unspecified atom stereocenters. The molecule has 0 aliphatic carbocycles. The Kier molecular flexibility index (Phi) is 10.3. The third kappa shape index (κ3) is 7.12. The van der Waals surface area contributed by atoms with Crippen LogP contribution in [0.25, 0.3) is 0 Å². The smallest absolute Gasteiger partial charge is 0.417 e. The standard InChI is InChI=1S/C26H29ClF3N7O3.C8H12FN/c1-13-8-14(31)9-15(20(13)26(28,29)30)19-10-17-16(12-40-19)23(33-25(32-17)39-4)36-6-5-7-37-18(11-36)21(27)22(34-37)24(38)35(2)3;9-5-7-4-8-2-1-3-10(8)6-7/h8-9,19H,5-7,10-12,31H2,1-4H3;5,8H,1-4,6H2/b;7-5-. The fraction of sp³-hybridized carbons (Fsp3) is 0.529. The molecule has 2 N–H and O–H groups in total. The first-order chi connectivity index (χ1) is 23.8. The molecule has 0 radical (unpaired) electrons. The lowest BCUT2D eigenvalue weighted by Gasteiger charge is -2.31. The Morgan fingerprint density at radius 3 is 2.60 bits per heavy atom. The molecule has 3 aromatic rings. The van der Waals surface area contributed by atoms with Crippen molar-refractivity contribution in [3.63, 3.8) is 0 Å². The van der Waals surface area contributed by atoms with Gasteiger partial charge in [-0.15, -0.1) is 0 Å². The molecule has 11 nitrogen and oxygen atoms in total. The second-order valence-corrected chi connectivity index (χ2v) is 13.7. The highest BCUT2D eigenvalue weighted by Gasteiger charge is 2.40. The van der Waals surface area contributed by atoms with Crippen molar-refractivity contribution in [2.45, 2.75) is 77.0 Å². The molecule has 0 saturated carbocycles. The van der Waals surface area contributed by atoms with E-state index in [-0.39, 0.29) is 52.5 Å². The van der Waals surface area contributed by atoms with Crippen molar-refractivity contribution in [2.75, 3.05) is 51.5 Å². The topological polar surface area (TPSA) is 115 Å². The number of anilines is 2. The molecule has 6 heterocycles. The fourth-order valence-corrected chi connectivity index (χ4v) is 7.60. The maximum absolute atomic E-state index is 14.0. The Morgan fingerprint density at radius 1 is 1.14 bits per heavy atom. The first-order valence-corrected chi connectivity index (χ1v) is 16.9. The molecule has 4 aliphatic rings. The van der Waals surface area contributed by atoms with Crippen LogP contribution in [-0.4, -0.2) is 82.3 Å². The summed E-state index contributed by atoms with van der Waals surface area (Å²) < 4.78 is 67.2. The first-order valence-electron chi connectivity index (χ1n) is 16.6. The number of alkyl halides is 3. The molecule has 0 bridgehead atoms. The van der Waals surface area contributed by atoms with Crippen LogP contribution in [-0.2, 0) is 37.0 Å². The molecule has 2 fully saturated rings. The molecule has 270 valence electrons. The van der Waals surface area contributed by atoms with Gasteiger partial charge in [-0.2, -0.15) is 28.2 Å². The van der Waals surface area contributed by atoms with E-state index >= 15 is 0 Å². The largest absolute Gasteiger partial charge is 0.467 e. The fourth-order valence-electron chi connectivity index (χ4n) is 7.32. The number of hydrogen-bond donors (Lipinski definition) is 1. The molecule has 16 heteroatoms. The summed E-state index contributed by atoms with van der Waals surface area (Å²) in [7, 11) is 4.69. The number of rotatable bonds is 4. The van der Waals surface area contributed by atoms with E-state index in [1.165, 1.54) is 50.5 Å². The Balaban J connectivity index is 0.000000367. The second kappa shape index (κ2) is 14.3. The van der Waals surface area contributed by atoms with Crippen LogP contribution in [0.3, 0.4) is 0 Å². The summed E-state index contributed by atoms with van der Waals surface area (Å²) in [6.07, 6.45) is -0.384. The van der Waals surface area contributed by atoms with Crippen molar-refractivity contribution in [2.24, 2.45) is 0 Å². The third-order valence-corrected chi connectivity index (χ3v) is 10.1. The van der Waals surface area contributed by atoms with Crippen LogP contribution >= 0.6 is 11.6 Å². The molecule has 2 atom stereocenters. The third-order valence-electron chi connectivity index (χ3n) is 9.66. The van der Waals surface area contributed by atoms with Gasteiger partial charge in [-0.05, 0) is 68.0 Å². The molecular formula is C34H41ClF4N8O3. The van der Waals surface area contributed by atoms with E-state index in [2.05, 4.69) is 20.0 Å². The summed E-state index contributed by atoms with van der Waals surface area (Å²) in [6, 6.07) is 3.39. The van der Waals surface area contributed by atoms with E-state index in [0.717, 1.165) is 24.9 Å². The number of carbonyl (C=O) groups excluding carboxylic acids is 1. The average molecular weight is 721 g/mol. The lowest BCUT2D eigenvalue weighted by atomic mass is 9.92. The van der Waals surface area contributed by atoms with Gasteiger partial charge in [0.1, 0.15) is 5.82 Å². The van der Waals surface area contributed by atoms with Gasteiger partial charge in [0, 0.05) is 57.4 Å². The van der Waals surface area contributed by atoms with Crippen LogP contribution in [0.1, 0.15) is 75.9 Å². The molecule has 0 spiro atoms. The molecule has 2 saturated heterocycles. The Morgan fingerprint density at radius 2 is 1.92 bits per heavy atom. The van der Waals surface area contributed by atoms with Gasteiger partial charge in [-0.1, -0.05) is 11.6 Å². The lowest BCUT2D eigenvalue weighted by Crippen LogP contribution is -2.29. The molecular weight excluding hydrogens is 680 g/mol. The zero-order chi connectivity index (χ0) is 35.9. The quantitative estimate of drug-likeness (QED) is 0.261.